The molecule has 1 aromatic heterocycles. The highest BCUT2D eigenvalue weighted by atomic mass is 32.1. The van der Waals surface area contributed by atoms with Crippen LogP contribution < -0.4 is 14.3 Å². The number of carbonyl (C=O) groups is 2. The van der Waals surface area contributed by atoms with Gasteiger partial charge in [0.15, 0.2) is 4.80 Å². The summed E-state index contributed by atoms with van der Waals surface area (Å²) in [7, 11) is 1.32. The molecule has 0 atom stereocenters. The van der Waals surface area contributed by atoms with Gasteiger partial charge in [0.1, 0.15) is 29.3 Å². The van der Waals surface area contributed by atoms with E-state index in [4.69, 9.17) is 14.2 Å². The summed E-state index contributed by atoms with van der Waals surface area (Å²) >= 11 is 1.30. The molecule has 4 aromatic rings. The fraction of sp³-hybridized carbons (Fsp3) is 0.160. The topological polar surface area (TPSA) is 79.1 Å². The van der Waals surface area contributed by atoms with Gasteiger partial charge in [0.25, 0.3) is 5.91 Å². The average Bonchev–Trinajstić information content (AvgIpc) is 3.17. The maximum absolute atomic E-state index is 13.2. The zero-order valence-electron chi connectivity index (χ0n) is 18.2. The first kappa shape index (κ1) is 22.3. The van der Waals surface area contributed by atoms with Crippen LogP contribution in [-0.2, 0) is 16.1 Å². The smallest absolute Gasteiger partial charge is 0.325 e. The second kappa shape index (κ2) is 10.1. The number of nitrogens with zero attached hydrogens (tertiary/aromatic N) is 2. The van der Waals surface area contributed by atoms with Gasteiger partial charge in [-0.1, -0.05) is 47.7 Å². The van der Waals surface area contributed by atoms with Crippen LogP contribution in [-0.4, -0.2) is 30.2 Å². The first-order valence-corrected chi connectivity index (χ1v) is 11.1. The van der Waals surface area contributed by atoms with Crippen molar-refractivity contribution >= 4 is 33.4 Å². The molecule has 0 unspecified atom stereocenters. The summed E-state index contributed by atoms with van der Waals surface area (Å²) in [4.78, 5) is 30.1. The molecule has 33 heavy (non-hydrogen) atoms. The largest absolute Gasteiger partial charge is 0.492 e. The van der Waals surface area contributed by atoms with Gasteiger partial charge < -0.3 is 18.8 Å². The number of rotatable bonds is 7. The van der Waals surface area contributed by atoms with Crippen LogP contribution in [0.3, 0.4) is 0 Å². The molecular weight excluding hydrogens is 440 g/mol. The van der Waals surface area contributed by atoms with E-state index in [1.807, 2.05) is 55.5 Å². The molecule has 0 aliphatic carbocycles. The number of fused-ring (bicyclic) bond motifs is 1. The van der Waals surface area contributed by atoms with Crippen molar-refractivity contribution in [3.05, 3.63) is 83.2 Å². The van der Waals surface area contributed by atoms with Gasteiger partial charge in [-0.05, 0) is 43.3 Å². The Morgan fingerprint density at radius 2 is 1.67 bits per heavy atom. The van der Waals surface area contributed by atoms with E-state index in [2.05, 4.69) is 4.99 Å². The Kier molecular flexibility index (Phi) is 6.85. The molecule has 0 saturated carbocycles. The molecular formula is C25H22N2O5S. The highest BCUT2D eigenvalue weighted by Gasteiger charge is 2.17. The average molecular weight is 463 g/mol. The SMILES string of the molecule is CCOc1cccc2sc(=NC(=O)c3ccccc3Oc3ccccc3)n(CC(=O)OC)c12. The van der Waals surface area contributed by atoms with Crippen LogP contribution in [0.1, 0.15) is 17.3 Å². The first-order chi connectivity index (χ1) is 16.1. The predicted octanol–water partition coefficient (Wildman–Crippen LogP) is 4.81. The van der Waals surface area contributed by atoms with E-state index in [9.17, 15) is 9.59 Å². The summed E-state index contributed by atoms with van der Waals surface area (Å²) in [6, 6.07) is 21.7. The molecule has 7 nitrogen and oxygen atoms in total. The third-order valence-corrected chi connectivity index (χ3v) is 5.81. The van der Waals surface area contributed by atoms with E-state index < -0.39 is 11.9 Å². The van der Waals surface area contributed by atoms with E-state index in [-0.39, 0.29) is 6.54 Å². The van der Waals surface area contributed by atoms with Gasteiger partial charge in [0.05, 0.1) is 24.0 Å². The quantitative estimate of drug-likeness (QED) is 0.368. The van der Waals surface area contributed by atoms with Crippen molar-refractivity contribution in [1.82, 2.24) is 4.57 Å². The number of ether oxygens (including phenoxy) is 3. The molecule has 0 spiro atoms. The zero-order valence-corrected chi connectivity index (χ0v) is 19.0. The van der Waals surface area contributed by atoms with Gasteiger partial charge >= 0.3 is 5.97 Å². The van der Waals surface area contributed by atoms with Crippen molar-refractivity contribution in [1.29, 1.82) is 0 Å². The lowest BCUT2D eigenvalue weighted by Crippen LogP contribution is -2.22. The van der Waals surface area contributed by atoms with E-state index in [0.29, 0.717) is 39.7 Å². The fourth-order valence-corrected chi connectivity index (χ4v) is 4.34. The normalized spacial score (nSPS) is 11.4. The molecule has 1 amide bonds. The number of hydrogen-bond acceptors (Lipinski definition) is 6. The summed E-state index contributed by atoms with van der Waals surface area (Å²) in [5.41, 5.74) is 1.00. The zero-order chi connectivity index (χ0) is 23.2. The molecule has 168 valence electrons. The van der Waals surface area contributed by atoms with E-state index in [1.165, 1.54) is 18.4 Å². The molecule has 0 aliphatic rings. The van der Waals surface area contributed by atoms with Crippen LogP contribution in [0, 0.1) is 0 Å². The number of thiazole rings is 1. The lowest BCUT2D eigenvalue weighted by molar-refractivity contribution is -0.141. The molecule has 0 saturated heterocycles. The molecule has 0 radical (unpaired) electrons. The summed E-state index contributed by atoms with van der Waals surface area (Å²) in [6.45, 7) is 2.24. The summed E-state index contributed by atoms with van der Waals surface area (Å²) < 4.78 is 19.0. The van der Waals surface area contributed by atoms with E-state index in [0.717, 1.165) is 4.70 Å². The van der Waals surface area contributed by atoms with Gasteiger partial charge in [-0.3, -0.25) is 9.59 Å². The van der Waals surface area contributed by atoms with Crippen LogP contribution in [0.5, 0.6) is 17.2 Å². The number of para-hydroxylation sites is 3. The maximum atomic E-state index is 13.2. The number of benzene rings is 3. The van der Waals surface area contributed by atoms with Crippen molar-refractivity contribution in [3.63, 3.8) is 0 Å². The van der Waals surface area contributed by atoms with Crippen molar-refractivity contribution in [3.8, 4) is 17.2 Å². The number of aromatic nitrogens is 1. The highest BCUT2D eigenvalue weighted by Crippen LogP contribution is 2.29. The van der Waals surface area contributed by atoms with Crippen LogP contribution in [0.2, 0.25) is 0 Å². The van der Waals surface area contributed by atoms with Gasteiger partial charge in [0, 0.05) is 0 Å². The maximum Gasteiger partial charge on any atom is 0.325 e. The molecule has 8 heteroatoms. The standard InChI is InChI=1S/C25H22N2O5S/c1-3-31-20-14-9-15-21-23(20)27(16-22(28)30-2)25(33-21)26-24(29)18-12-7-8-13-19(18)32-17-10-5-4-6-11-17/h4-15H,3,16H2,1-2H3. The molecule has 0 fully saturated rings. The second-order valence-electron chi connectivity index (χ2n) is 6.91. The van der Waals surface area contributed by atoms with Gasteiger partial charge in [-0.25, -0.2) is 0 Å². The van der Waals surface area contributed by atoms with Gasteiger partial charge in [0.2, 0.25) is 0 Å². The minimum absolute atomic E-state index is 0.102. The fourth-order valence-electron chi connectivity index (χ4n) is 3.29. The van der Waals surface area contributed by atoms with E-state index >= 15 is 0 Å². The van der Waals surface area contributed by atoms with Gasteiger partial charge in [-0.15, -0.1) is 0 Å². The third-order valence-electron chi connectivity index (χ3n) is 4.76. The highest BCUT2D eigenvalue weighted by molar-refractivity contribution is 7.16. The van der Waals surface area contributed by atoms with Crippen molar-refractivity contribution in [2.45, 2.75) is 13.5 Å². The lowest BCUT2D eigenvalue weighted by atomic mass is 10.2. The monoisotopic (exact) mass is 462 g/mol. The van der Waals surface area contributed by atoms with Crippen LogP contribution in [0.15, 0.2) is 77.8 Å². The predicted molar refractivity (Wildman–Crippen MR) is 126 cm³/mol. The van der Waals surface area contributed by atoms with Gasteiger partial charge in [-0.2, -0.15) is 4.99 Å². The van der Waals surface area contributed by atoms with Crippen molar-refractivity contribution < 1.29 is 23.8 Å². The summed E-state index contributed by atoms with van der Waals surface area (Å²) in [6.07, 6.45) is 0. The Morgan fingerprint density at radius 3 is 2.42 bits per heavy atom. The Balaban J connectivity index is 1.81. The molecule has 4 rings (SSSR count). The Labute approximate surface area is 194 Å². The van der Waals surface area contributed by atoms with Crippen LogP contribution >= 0.6 is 11.3 Å². The van der Waals surface area contributed by atoms with Crippen molar-refractivity contribution in [2.75, 3.05) is 13.7 Å². The molecule has 1 heterocycles. The third kappa shape index (κ3) is 4.96. The van der Waals surface area contributed by atoms with Crippen LogP contribution in [0.25, 0.3) is 10.2 Å². The first-order valence-electron chi connectivity index (χ1n) is 10.3. The minimum atomic E-state index is -0.482. The lowest BCUT2D eigenvalue weighted by Gasteiger charge is -2.09. The number of carbonyl (C=O) groups excluding carboxylic acids is 2. The second-order valence-corrected chi connectivity index (χ2v) is 7.92. The van der Waals surface area contributed by atoms with E-state index in [1.54, 1.807) is 28.8 Å². The number of methoxy groups -OCH3 is 1. The Morgan fingerprint density at radius 1 is 0.939 bits per heavy atom. The molecule has 0 bridgehead atoms. The summed E-state index contributed by atoms with van der Waals surface area (Å²) in [5, 5.41) is 0. The van der Waals surface area contributed by atoms with Crippen molar-refractivity contribution in [2.24, 2.45) is 4.99 Å². The molecule has 0 aliphatic heterocycles. The summed E-state index contributed by atoms with van der Waals surface area (Å²) in [5.74, 6) is 0.680. The Bertz CT molecular complexity index is 1360. The molecule has 3 aromatic carbocycles. The number of hydrogen-bond donors (Lipinski definition) is 0. The molecule has 0 N–H and O–H groups in total. The number of esters is 1. The minimum Gasteiger partial charge on any atom is -0.492 e. The number of amides is 1. The Hall–Kier alpha value is -3.91. The van der Waals surface area contributed by atoms with Crippen LogP contribution in [0.4, 0.5) is 0 Å².